The lowest BCUT2D eigenvalue weighted by Crippen LogP contribution is -2.14. The van der Waals surface area contributed by atoms with Gasteiger partial charge >= 0.3 is 0 Å². The first-order valence-corrected chi connectivity index (χ1v) is 8.71. The molecular weight excluding hydrogens is 401 g/mol. The summed E-state index contributed by atoms with van der Waals surface area (Å²) in [6, 6.07) is 7.25. The molecule has 2 aromatic carbocycles. The van der Waals surface area contributed by atoms with Crippen molar-refractivity contribution in [3.05, 3.63) is 50.4 Å². The molecule has 0 heterocycles. The van der Waals surface area contributed by atoms with Crippen LogP contribution in [0.4, 0.5) is 5.69 Å². The molecule has 0 aliphatic carbocycles. The summed E-state index contributed by atoms with van der Waals surface area (Å²) < 4.78 is 27.7. The Bertz CT molecular complexity index is 786. The molecule has 0 radical (unpaired) electrons. The number of sulfonamides is 1. The van der Waals surface area contributed by atoms with E-state index in [9.17, 15) is 13.5 Å². The summed E-state index contributed by atoms with van der Waals surface area (Å²) in [4.78, 5) is -0.195. The minimum absolute atomic E-state index is 0.0115. The standard InChI is InChI=1S/C13H10BrCl2NO3S/c1-7-4-9(2-3-12(7)18)17-21(19,20)13-10(15)5-8(14)6-11(13)16/h2-6,17-18H,1H3. The zero-order chi connectivity index (χ0) is 15.8. The van der Waals surface area contributed by atoms with Crippen molar-refractivity contribution in [2.24, 2.45) is 0 Å². The van der Waals surface area contributed by atoms with Crippen LogP contribution in [0.25, 0.3) is 0 Å². The van der Waals surface area contributed by atoms with E-state index in [1.165, 1.54) is 30.3 Å². The third kappa shape index (κ3) is 3.63. The minimum atomic E-state index is -3.94. The summed E-state index contributed by atoms with van der Waals surface area (Å²) in [5.41, 5.74) is 0.851. The average Bonchev–Trinajstić information content (AvgIpc) is 2.31. The van der Waals surface area contributed by atoms with Crippen LogP contribution in [0.3, 0.4) is 0 Å². The maximum atomic E-state index is 12.4. The van der Waals surface area contributed by atoms with E-state index in [1.54, 1.807) is 6.92 Å². The molecule has 8 heteroatoms. The Morgan fingerprint density at radius 2 is 1.71 bits per heavy atom. The SMILES string of the molecule is Cc1cc(NS(=O)(=O)c2c(Cl)cc(Br)cc2Cl)ccc1O. The number of hydrogen-bond donors (Lipinski definition) is 2. The summed E-state index contributed by atoms with van der Waals surface area (Å²) in [6.07, 6.45) is 0. The molecular formula is C13H10BrCl2NO3S. The lowest BCUT2D eigenvalue weighted by Gasteiger charge is -2.12. The van der Waals surface area contributed by atoms with Crippen molar-refractivity contribution >= 4 is 54.8 Å². The fourth-order valence-electron chi connectivity index (χ4n) is 1.71. The van der Waals surface area contributed by atoms with Crippen LogP contribution < -0.4 is 4.72 Å². The van der Waals surface area contributed by atoms with Gasteiger partial charge in [0.15, 0.2) is 0 Å². The van der Waals surface area contributed by atoms with Gasteiger partial charge in [0.25, 0.3) is 10.0 Å². The van der Waals surface area contributed by atoms with Crippen molar-refractivity contribution in [3.63, 3.8) is 0 Å². The summed E-state index contributed by atoms with van der Waals surface area (Å²) in [7, 11) is -3.94. The fraction of sp³-hybridized carbons (Fsp3) is 0.0769. The second-order valence-corrected chi connectivity index (χ2v) is 7.65. The molecule has 0 fully saturated rings. The number of hydrogen-bond acceptors (Lipinski definition) is 3. The van der Waals surface area contributed by atoms with E-state index in [4.69, 9.17) is 23.2 Å². The van der Waals surface area contributed by atoms with Crippen molar-refractivity contribution in [1.82, 2.24) is 0 Å². The number of nitrogens with one attached hydrogen (secondary N) is 1. The normalized spacial score (nSPS) is 11.4. The second-order valence-electron chi connectivity index (χ2n) is 4.31. The molecule has 0 aliphatic heterocycles. The Morgan fingerprint density at radius 1 is 1.14 bits per heavy atom. The molecule has 0 aromatic heterocycles. The van der Waals surface area contributed by atoms with Gasteiger partial charge in [-0.25, -0.2) is 8.42 Å². The topological polar surface area (TPSA) is 66.4 Å². The summed E-state index contributed by atoms with van der Waals surface area (Å²) >= 11 is 15.1. The van der Waals surface area contributed by atoms with E-state index in [1.807, 2.05) is 0 Å². The van der Waals surface area contributed by atoms with Crippen molar-refractivity contribution in [1.29, 1.82) is 0 Å². The molecule has 0 aliphatic rings. The zero-order valence-electron chi connectivity index (χ0n) is 10.7. The van der Waals surface area contributed by atoms with Gasteiger partial charge in [0.05, 0.1) is 10.0 Å². The lowest BCUT2D eigenvalue weighted by molar-refractivity contribution is 0.471. The van der Waals surface area contributed by atoms with E-state index in [0.717, 1.165) is 0 Å². The highest BCUT2D eigenvalue weighted by molar-refractivity contribution is 9.10. The Balaban J connectivity index is 2.46. The molecule has 2 aromatic rings. The van der Waals surface area contributed by atoms with Crippen LogP contribution in [0, 0.1) is 6.92 Å². The van der Waals surface area contributed by atoms with Gasteiger partial charge in [-0.2, -0.15) is 0 Å². The molecule has 0 atom stereocenters. The van der Waals surface area contributed by atoms with Crippen molar-refractivity contribution in [2.45, 2.75) is 11.8 Å². The Hall–Kier alpha value is -0.950. The first-order chi connectivity index (χ1) is 9.70. The number of phenols is 1. The Kier molecular flexibility index (Phi) is 4.72. The molecule has 2 N–H and O–H groups in total. The number of rotatable bonds is 3. The lowest BCUT2D eigenvalue weighted by atomic mass is 10.2. The highest BCUT2D eigenvalue weighted by Gasteiger charge is 2.22. The third-order valence-corrected chi connectivity index (χ3v) is 5.44. The number of halogens is 3. The predicted molar refractivity (Wildman–Crippen MR) is 87.8 cm³/mol. The Morgan fingerprint density at radius 3 is 2.24 bits per heavy atom. The maximum Gasteiger partial charge on any atom is 0.264 e. The number of aromatic hydroxyl groups is 1. The fourth-order valence-corrected chi connectivity index (χ4v) is 4.70. The van der Waals surface area contributed by atoms with Gasteiger partial charge in [-0.15, -0.1) is 0 Å². The van der Waals surface area contributed by atoms with Crippen LogP contribution >= 0.6 is 39.1 Å². The van der Waals surface area contributed by atoms with Gasteiger partial charge < -0.3 is 5.11 Å². The minimum Gasteiger partial charge on any atom is -0.508 e. The van der Waals surface area contributed by atoms with E-state index in [2.05, 4.69) is 20.7 Å². The van der Waals surface area contributed by atoms with Crippen LogP contribution in [-0.2, 0) is 10.0 Å². The van der Waals surface area contributed by atoms with Gasteiger partial charge in [0, 0.05) is 10.2 Å². The molecule has 0 unspecified atom stereocenters. The van der Waals surface area contributed by atoms with Crippen LogP contribution in [0.15, 0.2) is 39.7 Å². The molecule has 4 nitrogen and oxygen atoms in total. The molecule has 2 rings (SSSR count). The van der Waals surface area contributed by atoms with Gasteiger partial charge in [-0.3, -0.25) is 4.72 Å². The van der Waals surface area contributed by atoms with Crippen LogP contribution in [0.5, 0.6) is 5.75 Å². The molecule has 112 valence electrons. The van der Waals surface area contributed by atoms with Crippen LogP contribution in [0.1, 0.15) is 5.56 Å². The van der Waals surface area contributed by atoms with E-state index in [-0.39, 0.29) is 20.7 Å². The molecule has 0 spiro atoms. The average molecular weight is 411 g/mol. The van der Waals surface area contributed by atoms with E-state index < -0.39 is 10.0 Å². The monoisotopic (exact) mass is 409 g/mol. The first kappa shape index (κ1) is 16.4. The number of anilines is 1. The highest BCUT2D eigenvalue weighted by atomic mass is 79.9. The molecule has 21 heavy (non-hydrogen) atoms. The van der Waals surface area contributed by atoms with Crippen LogP contribution in [-0.4, -0.2) is 13.5 Å². The smallest absolute Gasteiger partial charge is 0.264 e. The Labute approximate surface area is 140 Å². The zero-order valence-corrected chi connectivity index (χ0v) is 14.6. The largest absolute Gasteiger partial charge is 0.508 e. The quantitative estimate of drug-likeness (QED) is 0.728. The third-order valence-electron chi connectivity index (χ3n) is 2.68. The van der Waals surface area contributed by atoms with E-state index in [0.29, 0.717) is 15.7 Å². The summed E-state index contributed by atoms with van der Waals surface area (Å²) in [5.74, 6) is 0.0812. The molecule has 0 amide bonds. The maximum absolute atomic E-state index is 12.4. The van der Waals surface area contributed by atoms with E-state index >= 15 is 0 Å². The first-order valence-electron chi connectivity index (χ1n) is 5.67. The molecule has 0 saturated heterocycles. The van der Waals surface area contributed by atoms with Gasteiger partial charge in [0.2, 0.25) is 0 Å². The van der Waals surface area contributed by atoms with Crippen molar-refractivity contribution in [2.75, 3.05) is 4.72 Å². The number of benzene rings is 2. The summed E-state index contributed by atoms with van der Waals surface area (Å²) in [5, 5.41) is 9.48. The predicted octanol–water partition coefficient (Wildman–Crippen LogP) is 4.57. The highest BCUT2D eigenvalue weighted by Crippen LogP contribution is 2.34. The molecule has 0 bridgehead atoms. The van der Waals surface area contributed by atoms with Crippen molar-refractivity contribution in [3.8, 4) is 5.75 Å². The number of phenolic OH excluding ortho intramolecular Hbond substituents is 1. The summed E-state index contributed by atoms with van der Waals surface area (Å²) in [6.45, 7) is 1.66. The van der Waals surface area contributed by atoms with Gasteiger partial charge in [-0.1, -0.05) is 39.1 Å². The van der Waals surface area contributed by atoms with Crippen molar-refractivity contribution < 1.29 is 13.5 Å². The van der Waals surface area contributed by atoms with Crippen LogP contribution in [0.2, 0.25) is 10.0 Å². The molecule has 0 saturated carbocycles. The number of aryl methyl sites for hydroxylation is 1. The second kappa shape index (κ2) is 6.04. The van der Waals surface area contributed by atoms with Gasteiger partial charge in [0.1, 0.15) is 10.6 Å². The van der Waals surface area contributed by atoms with Gasteiger partial charge in [-0.05, 0) is 42.8 Å².